The second-order valence-electron chi connectivity index (χ2n) is 8.05. The maximum atomic E-state index is 12.1. The second kappa shape index (κ2) is 9.62. The largest absolute Gasteiger partial charge is 0.381 e. The van der Waals surface area contributed by atoms with Gasteiger partial charge in [-0.1, -0.05) is 17.9 Å². The van der Waals surface area contributed by atoms with Crippen molar-refractivity contribution in [2.45, 2.75) is 43.0 Å². The quantitative estimate of drug-likeness (QED) is 0.347. The molecule has 3 rings (SSSR count). The van der Waals surface area contributed by atoms with Crippen LogP contribution in [0.25, 0.3) is 10.1 Å². The average Bonchev–Trinajstić information content (AvgIpc) is 3.16. The Morgan fingerprint density at radius 1 is 1.28 bits per heavy atom. The van der Waals surface area contributed by atoms with Crippen LogP contribution in [0.15, 0.2) is 24.3 Å². The Bertz CT molecular complexity index is 1240. The molecule has 0 unspecified atom stereocenters. The van der Waals surface area contributed by atoms with Crippen molar-refractivity contribution in [3.63, 3.8) is 0 Å². The minimum atomic E-state index is -3.73. The molecule has 1 aromatic heterocycles. The molecule has 1 atom stereocenters. The van der Waals surface area contributed by atoms with Crippen molar-refractivity contribution in [2.75, 3.05) is 19.5 Å². The number of carbonyl (C=O) groups is 1. The first-order valence-electron chi connectivity index (χ1n) is 10.1. The number of rotatable bonds is 5. The number of aliphatic hydroxyl groups is 1. The smallest absolute Gasteiger partial charge is 0.264 e. The van der Waals surface area contributed by atoms with Gasteiger partial charge in [0.05, 0.1) is 13.2 Å². The summed E-state index contributed by atoms with van der Waals surface area (Å²) >= 11 is 1.50. The predicted octanol–water partition coefficient (Wildman–Crippen LogP) is 2.04. The molecular weight excluding hydrogens is 450 g/mol. The van der Waals surface area contributed by atoms with Gasteiger partial charge < -0.3 is 9.84 Å². The fourth-order valence-electron chi connectivity index (χ4n) is 3.32. The first-order chi connectivity index (χ1) is 15.1. The van der Waals surface area contributed by atoms with Crippen LogP contribution in [0.1, 0.15) is 36.6 Å². The van der Waals surface area contributed by atoms with E-state index in [1.165, 1.54) is 23.7 Å². The first kappa shape index (κ1) is 24.2. The molecule has 9 heteroatoms. The molecule has 1 fully saturated rings. The van der Waals surface area contributed by atoms with E-state index in [0.29, 0.717) is 32.5 Å². The van der Waals surface area contributed by atoms with E-state index in [9.17, 15) is 18.3 Å². The van der Waals surface area contributed by atoms with Crippen molar-refractivity contribution >= 4 is 37.2 Å². The average molecular weight is 476 g/mol. The molecule has 3 N–H and O–H groups in total. The van der Waals surface area contributed by atoms with Crippen molar-refractivity contribution in [1.29, 1.82) is 0 Å². The maximum absolute atomic E-state index is 12.1. The summed E-state index contributed by atoms with van der Waals surface area (Å²) in [7, 11) is -3.73. The van der Waals surface area contributed by atoms with Gasteiger partial charge in [0.25, 0.3) is 5.91 Å². The number of hydroxylamine groups is 1. The van der Waals surface area contributed by atoms with E-state index in [2.05, 4.69) is 23.7 Å². The van der Waals surface area contributed by atoms with Gasteiger partial charge in [-0.05, 0) is 55.2 Å². The van der Waals surface area contributed by atoms with Crippen LogP contribution in [0.4, 0.5) is 0 Å². The Morgan fingerprint density at radius 2 is 2.00 bits per heavy atom. The maximum Gasteiger partial charge on any atom is 0.264 e. The number of amides is 1. The molecule has 7 nitrogen and oxygen atoms in total. The summed E-state index contributed by atoms with van der Waals surface area (Å²) in [5, 5.41) is 20.3. The molecule has 0 bridgehead atoms. The molecule has 0 spiro atoms. The molecule has 1 aliphatic rings. The summed E-state index contributed by atoms with van der Waals surface area (Å²) in [5.41, 5.74) is 1.21. The summed E-state index contributed by atoms with van der Waals surface area (Å²) in [6.45, 7) is 2.29. The second-order valence-corrected chi connectivity index (χ2v) is 11.7. The van der Waals surface area contributed by atoms with Crippen molar-refractivity contribution < 1.29 is 28.3 Å². The number of benzene rings is 1. The first-order valence-corrected chi connectivity index (χ1v) is 12.8. The summed E-state index contributed by atoms with van der Waals surface area (Å²) in [4.78, 5) is 12.9. The van der Waals surface area contributed by atoms with Crippen LogP contribution in [0.3, 0.4) is 0 Å². The third kappa shape index (κ3) is 5.50. The van der Waals surface area contributed by atoms with Crippen LogP contribution in [0, 0.1) is 23.7 Å². The van der Waals surface area contributed by atoms with E-state index >= 15 is 0 Å². The SMILES string of the molecule is C[C@@](CCc1cc2ccc(C#CC#CC3(O)CCOCC3)cc2s1)(C(=O)NO)S(C)(=O)=O. The van der Waals surface area contributed by atoms with Crippen LogP contribution >= 0.6 is 11.3 Å². The van der Waals surface area contributed by atoms with Crippen LogP contribution in [-0.2, 0) is 25.8 Å². The highest BCUT2D eigenvalue weighted by atomic mass is 32.2. The Balaban J connectivity index is 1.74. The molecule has 1 aromatic carbocycles. The lowest BCUT2D eigenvalue weighted by atomic mass is 9.95. The van der Waals surface area contributed by atoms with Gasteiger partial charge in [-0.3, -0.25) is 10.0 Å². The molecule has 0 saturated carbocycles. The number of thiophene rings is 1. The molecule has 0 aliphatic carbocycles. The van der Waals surface area contributed by atoms with Gasteiger partial charge in [0.15, 0.2) is 9.84 Å². The lowest BCUT2D eigenvalue weighted by Gasteiger charge is -2.26. The third-order valence-electron chi connectivity index (χ3n) is 5.70. The molecule has 1 aliphatic heterocycles. The van der Waals surface area contributed by atoms with Gasteiger partial charge >= 0.3 is 0 Å². The highest BCUT2D eigenvalue weighted by Gasteiger charge is 2.43. The van der Waals surface area contributed by atoms with Crippen LogP contribution < -0.4 is 5.48 Å². The van der Waals surface area contributed by atoms with E-state index in [0.717, 1.165) is 26.8 Å². The molecular formula is C23H25NO6S2. The van der Waals surface area contributed by atoms with Gasteiger partial charge in [-0.2, -0.15) is 0 Å². The number of fused-ring (bicyclic) bond motifs is 1. The van der Waals surface area contributed by atoms with Gasteiger partial charge in [0.1, 0.15) is 10.3 Å². The van der Waals surface area contributed by atoms with Crippen LogP contribution in [-0.4, -0.2) is 54.5 Å². The Kier molecular flexibility index (Phi) is 7.29. The summed E-state index contributed by atoms with van der Waals surface area (Å²) in [5.74, 6) is 10.4. The minimum Gasteiger partial charge on any atom is -0.381 e. The van der Waals surface area contributed by atoms with E-state index in [1.807, 2.05) is 24.3 Å². The number of hydrogen-bond donors (Lipinski definition) is 3. The zero-order chi connectivity index (χ0) is 23.4. The van der Waals surface area contributed by atoms with Crippen molar-refractivity contribution in [2.24, 2.45) is 0 Å². The number of ether oxygens (including phenoxy) is 1. The van der Waals surface area contributed by atoms with E-state index in [1.54, 1.807) is 0 Å². The standard InChI is InChI=1S/C23H25NO6S2/c1-22(21(25)24-27,32(2,28)29)10-8-19-16-18-7-6-17(15-20(18)31-19)5-3-4-9-23(26)11-13-30-14-12-23/h6-7,15-16,26-27H,8,10-14H2,1-2H3,(H,24,25)/t22-/m1/s1. The number of nitrogens with one attached hydrogen (secondary N) is 1. The van der Waals surface area contributed by atoms with E-state index in [4.69, 9.17) is 9.94 Å². The lowest BCUT2D eigenvalue weighted by molar-refractivity contribution is -0.131. The van der Waals surface area contributed by atoms with Crippen molar-refractivity contribution in [1.82, 2.24) is 5.48 Å². The minimum absolute atomic E-state index is 0.0429. The number of hydrogen-bond acceptors (Lipinski definition) is 7. The molecule has 32 heavy (non-hydrogen) atoms. The summed E-state index contributed by atoms with van der Waals surface area (Å²) in [6.07, 6.45) is 2.35. The highest BCUT2D eigenvalue weighted by Crippen LogP contribution is 2.30. The molecule has 2 heterocycles. The van der Waals surface area contributed by atoms with Crippen LogP contribution in [0.5, 0.6) is 0 Å². The van der Waals surface area contributed by atoms with Crippen molar-refractivity contribution in [3.8, 4) is 23.7 Å². The Labute approximate surface area is 191 Å². The fourth-order valence-corrected chi connectivity index (χ4v) is 5.28. The van der Waals surface area contributed by atoms with Gasteiger partial charge in [0, 0.05) is 34.2 Å². The van der Waals surface area contributed by atoms with E-state index in [-0.39, 0.29) is 6.42 Å². The fraction of sp³-hybridized carbons (Fsp3) is 0.435. The monoisotopic (exact) mass is 475 g/mol. The predicted molar refractivity (Wildman–Crippen MR) is 123 cm³/mol. The lowest BCUT2D eigenvalue weighted by Crippen LogP contribution is -2.49. The molecule has 1 amide bonds. The number of carbonyl (C=O) groups excluding carboxylic acids is 1. The Morgan fingerprint density at radius 3 is 2.66 bits per heavy atom. The number of aryl methyl sites for hydroxylation is 1. The highest BCUT2D eigenvalue weighted by molar-refractivity contribution is 7.92. The zero-order valence-corrected chi connectivity index (χ0v) is 19.5. The molecule has 170 valence electrons. The van der Waals surface area contributed by atoms with E-state index < -0.39 is 26.1 Å². The molecule has 0 radical (unpaired) electrons. The third-order valence-corrected chi connectivity index (χ3v) is 8.89. The zero-order valence-electron chi connectivity index (χ0n) is 17.9. The normalized spacial score (nSPS) is 17.4. The summed E-state index contributed by atoms with van der Waals surface area (Å²) < 4.78 is 28.7. The Hall–Kier alpha value is -2.40. The topological polar surface area (TPSA) is 113 Å². The van der Waals surface area contributed by atoms with Crippen LogP contribution in [0.2, 0.25) is 0 Å². The van der Waals surface area contributed by atoms with Crippen molar-refractivity contribution in [3.05, 3.63) is 34.7 Å². The summed E-state index contributed by atoms with van der Waals surface area (Å²) in [6, 6.07) is 7.68. The van der Waals surface area contributed by atoms with Gasteiger partial charge in [0.2, 0.25) is 0 Å². The number of sulfone groups is 1. The van der Waals surface area contributed by atoms with Gasteiger partial charge in [-0.25, -0.2) is 13.9 Å². The molecule has 2 aromatic rings. The van der Waals surface area contributed by atoms with Gasteiger partial charge in [-0.15, -0.1) is 11.3 Å². The molecule has 1 saturated heterocycles.